The molecule has 0 bridgehead atoms. The van der Waals surface area contributed by atoms with Crippen LogP contribution >= 0.6 is 11.3 Å². The molecule has 3 nitrogen and oxygen atoms in total. The highest BCUT2D eigenvalue weighted by Crippen LogP contribution is 2.20. The summed E-state index contributed by atoms with van der Waals surface area (Å²) in [4.78, 5) is 13.7. The maximum absolute atomic E-state index is 12.0. The fourth-order valence-electron chi connectivity index (χ4n) is 1.34. The molecule has 0 aliphatic heterocycles. The predicted octanol–water partition coefficient (Wildman–Crippen LogP) is 1.66. The molecule has 1 rings (SSSR count). The summed E-state index contributed by atoms with van der Waals surface area (Å²) in [5.41, 5.74) is 6.62. The van der Waals surface area contributed by atoms with Crippen molar-refractivity contribution in [1.82, 2.24) is 4.90 Å². The van der Waals surface area contributed by atoms with Crippen LogP contribution in [0.5, 0.6) is 0 Å². The molecule has 0 aliphatic rings. The lowest BCUT2D eigenvalue weighted by Gasteiger charge is -2.26. The molecule has 15 heavy (non-hydrogen) atoms. The van der Waals surface area contributed by atoms with E-state index in [-0.39, 0.29) is 17.9 Å². The second-order valence-corrected chi connectivity index (χ2v) is 4.59. The summed E-state index contributed by atoms with van der Waals surface area (Å²) in [5, 5.41) is 4.01. The number of thiophene rings is 1. The van der Waals surface area contributed by atoms with E-state index in [1.54, 1.807) is 16.2 Å². The van der Waals surface area contributed by atoms with Crippen LogP contribution < -0.4 is 5.73 Å². The van der Waals surface area contributed by atoms with Gasteiger partial charge in [0.2, 0.25) is 5.91 Å². The van der Waals surface area contributed by atoms with Crippen molar-refractivity contribution in [2.75, 3.05) is 13.6 Å². The summed E-state index contributed by atoms with van der Waals surface area (Å²) in [7, 11) is 1.81. The number of nitrogens with two attached hydrogens (primary N) is 1. The molecule has 0 aliphatic carbocycles. The largest absolute Gasteiger partial charge is 0.341 e. The van der Waals surface area contributed by atoms with Gasteiger partial charge in [0.15, 0.2) is 0 Å². The zero-order valence-corrected chi connectivity index (χ0v) is 10.3. The van der Waals surface area contributed by atoms with Gasteiger partial charge in [0.1, 0.15) is 0 Å². The first kappa shape index (κ1) is 12.2. The van der Waals surface area contributed by atoms with Gasteiger partial charge in [-0.3, -0.25) is 4.79 Å². The Balaban J connectivity index is 2.68. The number of nitrogens with zero attached hydrogens (tertiary/aromatic N) is 1. The van der Waals surface area contributed by atoms with Gasteiger partial charge in [-0.2, -0.15) is 11.3 Å². The summed E-state index contributed by atoms with van der Waals surface area (Å²) in [6.45, 7) is 4.39. The van der Waals surface area contributed by atoms with Gasteiger partial charge in [-0.05, 0) is 36.2 Å². The van der Waals surface area contributed by atoms with E-state index in [0.29, 0.717) is 6.54 Å². The highest BCUT2D eigenvalue weighted by Gasteiger charge is 2.22. The van der Waals surface area contributed by atoms with E-state index in [9.17, 15) is 4.79 Å². The number of hydrogen-bond donors (Lipinski definition) is 1. The molecular weight excluding hydrogens is 208 g/mol. The molecule has 2 N–H and O–H groups in total. The van der Waals surface area contributed by atoms with Crippen molar-refractivity contribution in [2.24, 2.45) is 5.73 Å². The van der Waals surface area contributed by atoms with E-state index in [2.05, 4.69) is 0 Å². The van der Waals surface area contributed by atoms with Crippen molar-refractivity contribution in [3.05, 3.63) is 22.4 Å². The van der Waals surface area contributed by atoms with Crippen LogP contribution in [-0.4, -0.2) is 30.4 Å². The second kappa shape index (κ2) is 5.28. The van der Waals surface area contributed by atoms with E-state index in [0.717, 1.165) is 5.56 Å². The Morgan fingerprint density at radius 3 is 2.73 bits per heavy atom. The van der Waals surface area contributed by atoms with Gasteiger partial charge in [-0.15, -0.1) is 0 Å². The second-order valence-electron chi connectivity index (χ2n) is 3.81. The van der Waals surface area contributed by atoms with Crippen LogP contribution in [0.1, 0.15) is 25.3 Å². The standard InChI is InChI=1S/C11H18N2OS/c1-8(6-12)13(3)11(14)9(2)10-4-5-15-7-10/h4-5,7-9H,6,12H2,1-3H3. The van der Waals surface area contributed by atoms with Gasteiger partial charge in [0, 0.05) is 19.6 Å². The predicted molar refractivity (Wildman–Crippen MR) is 64.0 cm³/mol. The topological polar surface area (TPSA) is 46.3 Å². The molecule has 1 aromatic rings. The SMILES string of the molecule is CC(C(=O)N(C)C(C)CN)c1ccsc1. The maximum atomic E-state index is 12.0. The molecule has 2 unspecified atom stereocenters. The van der Waals surface area contributed by atoms with Crippen molar-refractivity contribution < 1.29 is 4.79 Å². The van der Waals surface area contributed by atoms with Crippen LogP contribution in [0.2, 0.25) is 0 Å². The molecule has 4 heteroatoms. The highest BCUT2D eigenvalue weighted by molar-refractivity contribution is 7.08. The first-order chi connectivity index (χ1) is 7.07. The fourth-order valence-corrected chi connectivity index (χ4v) is 2.10. The molecule has 0 saturated heterocycles. The third kappa shape index (κ3) is 2.79. The number of hydrogen-bond acceptors (Lipinski definition) is 3. The lowest BCUT2D eigenvalue weighted by atomic mass is 10.0. The molecule has 1 aromatic heterocycles. The fraction of sp³-hybridized carbons (Fsp3) is 0.545. The molecular formula is C11H18N2OS. The van der Waals surface area contributed by atoms with Gasteiger partial charge < -0.3 is 10.6 Å². The minimum atomic E-state index is -0.0738. The van der Waals surface area contributed by atoms with Crippen LogP contribution in [-0.2, 0) is 4.79 Å². The summed E-state index contributed by atoms with van der Waals surface area (Å²) in [5.74, 6) is 0.0570. The van der Waals surface area contributed by atoms with E-state index >= 15 is 0 Å². The molecule has 0 fully saturated rings. The zero-order valence-electron chi connectivity index (χ0n) is 9.43. The van der Waals surface area contributed by atoms with Crippen LogP contribution in [0.4, 0.5) is 0 Å². The average Bonchev–Trinajstić information content (AvgIpc) is 2.78. The van der Waals surface area contributed by atoms with E-state index in [4.69, 9.17) is 5.73 Å². The average molecular weight is 226 g/mol. The van der Waals surface area contributed by atoms with Crippen molar-refractivity contribution in [2.45, 2.75) is 25.8 Å². The van der Waals surface area contributed by atoms with Crippen LogP contribution in [0, 0.1) is 0 Å². The van der Waals surface area contributed by atoms with E-state index in [1.807, 2.05) is 37.7 Å². The Bertz CT molecular complexity index is 310. The minimum absolute atomic E-state index is 0.0738. The van der Waals surface area contributed by atoms with Crippen LogP contribution in [0.15, 0.2) is 16.8 Å². The molecule has 84 valence electrons. The monoisotopic (exact) mass is 226 g/mol. The van der Waals surface area contributed by atoms with Crippen LogP contribution in [0.3, 0.4) is 0 Å². The number of amides is 1. The Labute approximate surface area is 94.9 Å². The van der Waals surface area contributed by atoms with Crippen molar-refractivity contribution in [1.29, 1.82) is 0 Å². The molecule has 1 heterocycles. The molecule has 2 atom stereocenters. The maximum Gasteiger partial charge on any atom is 0.229 e. The third-order valence-corrected chi connectivity index (χ3v) is 3.46. The third-order valence-electron chi connectivity index (χ3n) is 2.76. The molecule has 1 amide bonds. The van der Waals surface area contributed by atoms with Gasteiger partial charge >= 0.3 is 0 Å². The number of carbonyl (C=O) groups is 1. The Kier molecular flexibility index (Phi) is 4.29. The summed E-state index contributed by atoms with van der Waals surface area (Å²) >= 11 is 1.62. The van der Waals surface area contributed by atoms with Gasteiger partial charge in [0.25, 0.3) is 0 Å². The van der Waals surface area contributed by atoms with Gasteiger partial charge in [-0.25, -0.2) is 0 Å². The molecule has 0 aromatic carbocycles. The number of carbonyl (C=O) groups excluding carboxylic acids is 1. The summed E-state index contributed by atoms with van der Waals surface area (Å²) in [6, 6.07) is 2.09. The minimum Gasteiger partial charge on any atom is -0.341 e. The molecule has 0 radical (unpaired) electrons. The number of likely N-dealkylation sites (N-methyl/N-ethyl adjacent to an activating group) is 1. The first-order valence-corrected chi connectivity index (χ1v) is 6.01. The number of rotatable bonds is 4. The first-order valence-electron chi connectivity index (χ1n) is 5.06. The Morgan fingerprint density at radius 2 is 2.27 bits per heavy atom. The quantitative estimate of drug-likeness (QED) is 0.848. The van der Waals surface area contributed by atoms with Crippen LogP contribution in [0.25, 0.3) is 0 Å². The van der Waals surface area contributed by atoms with E-state index in [1.165, 1.54) is 0 Å². The molecule has 0 saturated carbocycles. The van der Waals surface area contributed by atoms with E-state index < -0.39 is 0 Å². The van der Waals surface area contributed by atoms with Gasteiger partial charge in [0.05, 0.1) is 5.92 Å². The smallest absolute Gasteiger partial charge is 0.229 e. The lowest BCUT2D eigenvalue weighted by Crippen LogP contribution is -2.41. The normalized spacial score (nSPS) is 14.7. The summed E-state index contributed by atoms with van der Waals surface area (Å²) in [6.07, 6.45) is 0. The summed E-state index contributed by atoms with van der Waals surface area (Å²) < 4.78 is 0. The van der Waals surface area contributed by atoms with Crippen molar-refractivity contribution >= 4 is 17.2 Å². The van der Waals surface area contributed by atoms with Crippen molar-refractivity contribution in [3.8, 4) is 0 Å². The highest BCUT2D eigenvalue weighted by atomic mass is 32.1. The zero-order chi connectivity index (χ0) is 11.4. The Morgan fingerprint density at radius 1 is 1.60 bits per heavy atom. The lowest BCUT2D eigenvalue weighted by molar-refractivity contribution is -0.132. The Hall–Kier alpha value is -0.870. The van der Waals surface area contributed by atoms with Crippen molar-refractivity contribution in [3.63, 3.8) is 0 Å². The van der Waals surface area contributed by atoms with Gasteiger partial charge in [-0.1, -0.05) is 0 Å². The molecule has 0 spiro atoms.